The molecule has 1 aromatic carbocycles. The van der Waals surface area contributed by atoms with Crippen molar-refractivity contribution in [2.45, 2.75) is 26.3 Å². The zero-order valence-electron chi connectivity index (χ0n) is 9.72. The minimum atomic E-state index is 0.0701. The molecular weight excluding hydrogens is 198 g/mol. The summed E-state index contributed by atoms with van der Waals surface area (Å²) in [6.07, 6.45) is 2.90. The quantitative estimate of drug-likeness (QED) is 0.855. The fraction of sp³-hybridized carbons (Fsp3) is 0.308. The second kappa shape index (κ2) is 4.49. The van der Waals surface area contributed by atoms with Crippen LogP contribution < -0.4 is 5.73 Å². The zero-order chi connectivity index (χ0) is 11.5. The minimum absolute atomic E-state index is 0.0701. The molecule has 16 heavy (non-hydrogen) atoms. The summed E-state index contributed by atoms with van der Waals surface area (Å²) < 4.78 is 1.89. The standard InChI is InChI=1S/C13H17N3/c1-3-12(14)11-6-4-5-7-13(11)16-9-8-10(2)15-16/h4-9,12H,3,14H2,1-2H3/t12-/m1/s1. The molecule has 0 amide bonds. The van der Waals surface area contributed by atoms with Crippen LogP contribution in [0.1, 0.15) is 30.6 Å². The zero-order valence-corrected chi connectivity index (χ0v) is 9.72. The molecule has 0 saturated heterocycles. The Morgan fingerprint density at radius 3 is 2.69 bits per heavy atom. The van der Waals surface area contributed by atoms with E-state index in [9.17, 15) is 0 Å². The summed E-state index contributed by atoms with van der Waals surface area (Å²) in [5.74, 6) is 0. The van der Waals surface area contributed by atoms with E-state index in [4.69, 9.17) is 5.73 Å². The van der Waals surface area contributed by atoms with Crippen molar-refractivity contribution in [1.82, 2.24) is 9.78 Å². The molecular formula is C13H17N3. The highest BCUT2D eigenvalue weighted by Crippen LogP contribution is 2.21. The topological polar surface area (TPSA) is 43.8 Å². The van der Waals surface area contributed by atoms with E-state index in [1.165, 1.54) is 0 Å². The molecule has 1 aromatic heterocycles. The lowest BCUT2D eigenvalue weighted by atomic mass is 10.0. The lowest BCUT2D eigenvalue weighted by Crippen LogP contribution is -2.12. The predicted molar refractivity (Wildman–Crippen MR) is 65.5 cm³/mol. The molecule has 0 aliphatic carbocycles. The van der Waals surface area contributed by atoms with Crippen molar-refractivity contribution in [3.63, 3.8) is 0 Å². The lowest BCUT2D eigenvalue weighted by Gasteiger charge is -2.14. The van der Waals surface area contributed by atoms with Gasteiger partial charge in [-0.05, 0) is 31.0 Å². The Morgan fingerprint density at radius 1 is 1.31 bits per heavy atom. The number of nitrogens with two attached hydrogens (primary N) is 1. The molecule has 2 aromatic rings. The largest absolute Gasteiger partial charge is 0.324 e. The first kappa shape index (κ1) is 10.9. The van der Waals surface area contributed by atoms with Gasteiger partial charge in [-0.2, -0.15) is 5.10 Å². The van der Waals surface area contributed by atoms with Crippen LogP contribution in [0.25, 0.3) is 5.69 Å². The number of para-hydroxylation sites is 1. The Bertz CT molecular complexity index is 474. The van der Waals surface area contributed by atoms with Gasteiger partial charge in [0.2, 0.25) is 0 Å². The van der Waals surface area contributed by atoms with Gasteiger partial charge < -0.3 is 5.73 Å². The van der Waals surface area contributed by atoms with Gasteiger partial charge >= 0.3 is 0 Å². The van der Waals surface area contributed by atoms with Gasteiger partial charge in [0.1, 0.15) is 0 Å². The molecule has 1 heterocycles. The maximum atomic E-state index is 6.10. The van der Waals surface area contributed by atoms with Crippen molar-refractivity contribution in [2.75, 3.05) is 0 Å². The van der Waals surface area contributed by atoms with Crippen LogP contribution in [0, 0.1) is 6.92 Å². The molecule has 0 aliphatic heterocycles. The van der Waals surface area contributed by atoms with Crippen molar-refractivity contribution in [2.24, 2.45) is 5.73 Å². The van der Waals surface area contributed by atoms with Gasteiger partial charge in [0.05, 0.1) is 11.4 Å². The molecule has 0 bridgehead atoms. The first-order valence-electron chi connectivity index (χ1n) is 5.59. The SMILES string of the molecule is CC[C@@H](N)c1ccccc1-n1ccc(C)n1. The summed E-state index contributed by atoms with van der Waals surface area (Å²) >= 11 is 0. The van der Waals surface area contributed by atoms with Crippen molar-refractivity contribution in [3.05, 3.63) is 47.8 Å². The van der Waals surface area contributed by atoms with E-state index in [2.05, 4.69) is 24.2 Å². The highest BCUT2D eigenvalue weighted by atomic mass is 15.3. The fourth-order valence-electron chi connectivity index (χ4n) is 1.78. The minimum Gasteiger partial charge on any atom is -0.324 e. The van der Waals surface area contributed by atoms with Crippen LogP contribution in [0.3, 0.4) is 0 Å². The molecule has 0 unspecified atom stereocenters. The molecule has 84 valence electrons. The average molecular weight is 215 g/mol. The molecule has 0 radical (unpaired) electrons. The molecule has 2 N–H and O–H groups in total. The fourth-order valence-corrected chi connectivity index (χ4v) is 1.78. The summed E-state index contributed by atoms with van der Waals surface area (Å²) in [5, 5.41) is 4.42. The maximum absolute atomic E-state index is 6.10. The van der Waals surface area contributed by atoms with Gasteiger partial charge in [0, 0.05) is 12.2 Å². The van der Waals surface area contributed by atoms with E-state index < -0.39 is 0 Å². The number of hydrogen-bond donors (Lipinski definition) is 1. The van der Waals surface area contributed by atoms with Gasteiger partial charge in [-0.15, -0.1) is 0 Å². The third kappa shape index (κ3) is 1.99. The van der Waals surface area contributed by atoms with Crippen LogP contribution in [0.15, 0.2) is 36.5 Å². The molecule has 3 nitrogen and oxygen atoms in total. The van der Waals surface area contributed by atoms with E-state index in [1.54, 1.807) is 0 Å². The predicted octanol–water partition coefficient (Wildman–Crippen LogP) is 2.59. The average Bonchev–Trinajstić information content (AvgIpc) is 2.75. The van der Waals surface area contributed by atoms with E-state index in [0.717, 1.165) is 23.4 Å². The first-order valence-corrected chi connectivity index (χ1v) is 5.59. The Hall–Kier alpha value is -1.61. The number of benzene rings is 1. The Morgan fingerprint density at radius 2 is 2.06 bits per heavy atom. The molecule has 0 fully saturated rings. The van der Waals surface area contributed by atoms with E-state index >= 15 is 0 Å². The van der Waals surface area contributed by atoms with Crippen molar-refractivity contribution in [1.29, 1.82) is 0 Å². The van der Waals surface area contributed by atoms with Crippen LogP contribution in [-0.4, -0.2) is 9.78 Å². The summed E-state index contributed by atoms with van der Waals surface area (Å²) in [6.45, 7) is 4.08. The van der Waals surface area contributed by atoms with Crippen molar-refractivity contribution < 1.29 is 0 Å². The van der Waals surface area contributed by atoms with Crippen molar-refractivity contribution in [3.8, 4) is 5.69 Å². The molecule has 2 rings (SSSR count). The van der Waals surface area contributed by atoms with E-state index in [-0.39, 0.29) is 6.04 Å². The van der Waals surface area contributed by atoms with Crippen molar-refractivity contribution >= 4 is 0 Å². The number of nitrogens with zero attached hydrogens (tertiary/aromatic N) is 2. The van der Waals surface area contributed by atoms with Crippen LogP contribution in [-0.2, 0) is 0 Å². The Labute approximate surface area is 95.9 Å². The smallest absolute Gasteiger partial charge is 0.0693 e. The molecule has 0 spiro atoms. The summed E-state index contributed by atoms with van der Waals surface area (Å²) in [4.78, 5) is 0. The summed E-state index contributed by atoms with van der Waals surface area (Å²) in [6, 6.07) is 10.2. The Kier molecular flexibility index (Phi) is 3.06. The highest BCUT2D eigenvalue weighted by molar-refractivity contribution is 5.42. The highest BCUT2D eigenvalue weighted by Gasteiger charge is 2.10. The maximum Gasteiger partial charge on any atom is 0.0693 e. The van der Waals surface area contributed by atoms with E-state index in [0.29, 0.717) is 0 Å². The van der Waals surface area contributed by atoms with E-state index in [1.807, 2.05) is 36.0 Å². The van der Waals surface area contributed by atoms with Gasteiger partial charge in [0.25, 0.3) is 0 Å². The third-order valence-electron chi connectivity index (χ3n) is 2.75. The molecule has 0 aliphatic rings. The monoisotopic (exact) mass is 215 g/mol. The number of aryl methyl sites for hydroxylation is 1. The third-order valence-corrected chi connectivity index (χ3v) is 2.75. The second-order valence-electron chi connectivity index (χ2n) is 3.98. The number of hydrogen-bond acceptors (Lipinski definition) is 2. The first-order chi connectivity index (χ1) is 7.72. The second-order valence-corrected chi connectivity index (χ2v) is 3.98. The van der Waals surface area contributed by atoms with Gasteiger partial charge in [-0.3, -0.25) is 0 Å². The molecule has 3 heteroatoms. The Balaban J connectivity index is 2.48. The molecule has 0 saturated carbocycles. The van der Waals surface area contributed by atoms with Crippen LogP contribution >= 0.6 is 0 Å². The summed E-state index contributed by atoms with van der Waals surface area (Å²) in [5.41, 5.74) is 9.33. The van der Waals surface area contributed by atoms with Crippen LogP contribution in [0.5, 0.6) is 0 Å². The van der Waals surface area contributed by atoms with Crippen LogP contribution in [0.2, 0.25) is 0 Å². The number of rotatable bonds is 3. The lowest BCUT2D eigenvalue weighted by molar-refractivity contribution is 0.686. The van der Waals surface area contributed by atoms with Gasteiger partial charge in [-0.1, -0.05) is 25.1 Å². The molecule has 1 atom stereocenters. The van der Waals surface area contributed by atoms with Gasteiger partial charge in [0.15, 0.2) is 0 Å². The normalized spacial score (nSPS) is 12.7. The van der Waals surface area contributed by atoms with Crippen LogP contribution in [0.4, 0.5) is 0 Å². The van der Waals surface area contributed by atoms with Gasteiger partial charge in [-0.25, -0.2) is 4.68 Å². The number of aromatic nitrogens is 2. The summed E-state index contributed by atoms with van der Waals surface area (Å²) in [7, 11) is 0.